The molecular weight excluding hydrogens is 296 g/mol. The summed E-state index contributed by atoms with van der Waals surface area (Å²) in [5.41, 5.74) is 0.886. The van der Waals surface area contributed by atoms with E-state index in [0.717, 1.165) is 17.3 Å². The standard InChI is InChI=1S/C13H14N2O3S2/c1-3-9(12(17)18)15-11(16)10(20-13(15)19)6-8-4-5-14(2)7-8/h4-7,9H,3H2,1-2H3,(H,17,18). The van der Waals surface area contributed by atoms with Crippen LogP contribution in [0.1, 0.15) is 18.9 Å². The normalized spacial score (nSPS) is 18.9. The number of hydrogen-bond acceptors (Lipinski definition) is 4. The molecule has 0 spiro atoms. The van der Waals surface area contributed by atoms with Crippen molar-refractivity contribution in [2.24, 2.45) is 7.05 Å². The van der Waals surface area contributed by atoms with E-state index in [1.165, 1.54) is 4.90 Å². The van der Waals surface area contributed by atoms with Gasteiger partial charge >= 0.3 is 5.97 Å². The molecule has 1 aromatic heterocycles. The van der Waals surface area contributed by atoms with E-state index in [1.54, 1.807) is 13.0 Å². The Hall–Kier alpha value is -1.60. The van der Waals surface area contributed by atoms with Crippen molar-refractivity contribution >= 4 is 46.3 Å². The molecule has 1 aromatic rings. The first-order valence-corrected chi connectivity index (χ1v) is 7.28. The second-order valence-electron chi connectivity index (χ2n) is 4.42. The van der Waals surface area contributed by atoms with Crippen LogP contribution in [0.15, 0.2) is 23.4 Å². The van der Waals surface area contributed by atoms with Crippen LogP contribution in [0, 0.1) is 0 Å². The Kier molecular flexibility index (Phi) is 4.29. The summed E-state index contributed by atoms with van der Waals surface area (Å²) in [7, 11) is 1.89. The Bertz CT molecular complexity index is 607. The van der Waals surface area contributed by atoms with Gasteiger partial charge in [0.05, 0.1) is 4.91 Å². The molecule has 20 heavy (non-hydrogen) atoms. The molecule has 1 unspecified atom stereocenters. The predicted octanol–water partition coefficient (Wildman–Crippen LogP) is 2.09. The Morgan fingerprint density at radius 2 is 2.30 bits per heavy atom. The third-order valence-corrected chi connectivity index (χ3v) is 4.29. The van der Waals surface area contributed by atoms with Gasteiger partial charge in [-0.3, -0.25) is 9.69 Å². The van der Waals surface area contributed by atoms with Crippen molar-refractivity contribution in [1.29, 1.82) is 0 Å². The summed E-state index contributed by atoms with van der Waals surface area (Å²) >= 11 is 6.28. The molecule has 7 heteroatoms. The van der Waals surface area contributed by atoms with Crippen molar-refractivity contribution in [3.8, 4) is 0 Å². The zero-order chi connectivity index (χ0) is 14.9. The fourth-order valence-corrected chi connectivity index (χ4v) is 3.33. The molecule has 0 saturated carbocycles. The third-order valence-electron chi connectivity index (χ3n) is 2.96. The van der Waals surface area contributed by atoms with Crippen LogP contribution in [0.4, 0.5) is 0 Å². The van der Waals surface area contributed by atoms with Crippen LogP contribution < -0.4 is 0 Å². The second kappa shape index (κ2) is 5.80. The molecule has 1 amide bonds. The van der Waals surface area contributed by atoms with Crippen molar-refractivity contribution in [3.63, 3.8) is 0 Å². The highest BCUT2D eigenvalue weighted by molar-refractivity contribution is 8.26. The van der Waals surface area contributed by atoms with Gasteiger partial charge in [-0.1, -0.05) is 30.9 Å². The number of rotatable bonds is 4. The summed E-state index contributed by atoms with van der Waals surface area (Å²) in [6.45, 7) is 1.72. The Balaban J connectivity index is 2.29. The van der Waals surface area contributed by atoms with E-state index in [1.807, 2.05) is 30.1 Å². The van der Waals surface area contributed by atoms with Gasteiger partial charge in [0.15, 0.2) is 0 Å². The van der Waals surface area contributed by atoms with Crippen molar-refractivity contribution in [2.45, 2.75) is 19.4 Å². The van der Waals surface area contributed by atoms with Crippen molar-refractivity contribution in [3.05, 3.63) is 28.9 Å². The summed E-state index contributed by atoms with van der Waals surface area (Å²) in [4.78, 5) is 25.2. The van der Waals surface area contributed by atoms with Gasteiger partial charge in [-0.2, -0.15) is 0 Å². The summed E-state index contributed by atoms with van der Waals surface area (Å²) in [6, 6.07) is 0.977. The van der Waals surface area contributed by atoms with E-state index < -0.39 is 12.0 Å². The minimum atomic E-state index is -1.04. The van der Waals surface area contributed by atoms with Gasteiger partial charge < -0.3 is 9.67 Å². The van der Waals surface area contributed by atoms with E-state index in [9.17, 15) is 9.59 Å². The maximum atomic E-state index is 12.3. The lowest BCUT2D eigenvalue weighted by Crippen LogP contribution is -2.43. The second-order valence-corrected chi connectivity index (χ2v) is 6.10. The average Bonchev–Trinajstić information content (AvgIpc) is 2.89. The maximum Gasteiger partial charge on any atom is 0.326 e. The first-order valence-electron chi connectivity index (χ1n) is 6.06. The molecule has 1 fully saturated rings. The fraction of sp³-hybridized carbons (Fsp3) is 0.308. The zero-order valence-electron chi connectivity index (χ0n) is 11.1. The number of carbonyl (C=O) groups excluding carboxylic acids is 1. The molecule has 1 atom stereocenters. The smallest absolute Gasteiger partial charge is 0.326 e. The molecule has 5 nitrogen and oxygen atoms in total. The van der Waals surface area contributed by atoms with E-state index >= 15 is 0 Å². The number of nitrogens with zero attached hydrogens (tertiary/aromatic N) is 2. The Labute approximate surface area is 126 Å². The quantitative estimate of drug-likeness (QED) is 0.681. The highest BCUT2D eigenvalue weighted by Crippen LogP contribution is 2.34. The van der Waals surface area contributed by atoms with Crippen LogP contribution in [0.5, 0.6) is 0 Å². The molecule has 1 aliphatic heterocycles. The average molecular weight is 310 g/mol. The van der Waals surface area contributed by atoms with E-state index in [-0.39, 0.29) is 5.91 Å². The molecule has 0 radical (unpaired) electrons. The molecule has 1 saturated heterocycles. The summed E-state index contributed by atoms with van der Waals surface area (Å²) < 4.78 is 2.17. The van der Waals surface area contributed by atoms with Crippen LogP contribution >= 0.6 is 24.0 Å². The summed E-state index contributed by atoms with van der Waals surface area (Å²) in [6.07, 6.45) is 5.80. The van der Waals surface area contributed by atoms with Crippen molar-refractivity contribution < 1.29 is 14.7 Å². The lowest BCUT2D eigenvalue weighted by molar-refractivity contribution is -0.145. The molecule has 2 heterocycles. The number of carboxylic acids is 1. The van der Waals surface area contributed by atoms with Gasteiger partial charge in [-0.15, -0.1) is 0 Å². The monoisotopic (exact) mass is 310 g/mol. The van der Waals surface area contributed by atoms with E-state index in [2.05, 4.69) is 0 Å². The molecule has 106 valence electrons. The first kappa shape index (κ1) is 14.8. The largest absolute Gasteiger partial charge is 0.480 e. The van der Waals surface area contributed by atoms with Crippen LogP contribution in [0.25, 0.3) is 6.08 Å². The fourth-order valence-electron chi connectivity index (χ4n) is 1.98. The van der Waals surface area contributed by atoms with Crippen LogP contribution in [0.2, 0.25) is 0 Å². The highest BCUT2D eigenvalue weighted by atomic mass is 32.2. The first-order chi connectivity index (χ1) is 9.43. The number of amides is 1. The predicted molar refractivity (Wildman–Crippen MR) is 82.1 cm³/mol. The van der Waals surface area contributed by atoms with Gasteiger partial charge in [0.25, 0.3) is 5.91 Å². The molecule has 1 N–H and O–H groups in total. The van der Waals surface area contributed by atoms with Gasteiger partial charge in [-0.05, 0) is 24.1 Å². The van der Waals surface area contributed by atoms with Crippen molar-refractivity contribution in [2.75, 3.05) is 0 Å². The van der Waals surface area contributed by atoms with Gasteiger partial charge in [0.1, 0.15) is 10.4 Å². The van der Waals surface area contributed by atoms with Gasteiger partial charge in [0.2, 0.25) is 0 Å². The van der Waals surface area contributed by atoms with E-state index in [0.29, 0.717) is 15.6 Å². The summed E-state index contributed by atoms with van der Waals surface area (Å²) in [5, 5.41) is 9.16. The van der Waals surface area contributed by atoms with Gasteiger partial charge in [0, 0.05) is 19.4 Å². The van der Waals surface area contributed by atoms with Gasteiger partial charge in [-0.25, -0.2) is 4.79 Å². The number of carboxylic acid groups (broad SMARTS) is 1. The molecule has 0 aromatic carbocycles. The lowest BCUT2D eigenvalue weighted by Gasteiger charge is -2.21. The number of aryl methyl sites for hydroxylation is 1. The number of thiocarbonyl (C=S) groups is 1. The van der Waals surface area contributed by atoms with E-state index in [4.69, 9.17) is 17.3 Å². The zero-order valence-corrected chi connectivity index (χ0v) is 12.7. The van der Waals surface area contributed by atoms with Crippen molar-refractivity contribution in [1.82, 2.24) is 9.47 Å². The number of aromatic nitrogens is 1. The Morgan fingerprint density at radius 1 is 1.60 bits per heavy atom. The maximum absolute atomic E-state index is 12.3. The number of aliphatic carboxylic acids is 1. The minimum absolute atomic E-state index is 0.298. The molecule has 0 bridgehead atoms. The Morgan fingerprint density at radius 3 is 2.80 bits per heavy atom. The van der Waals surface area contributed by atoms with Crippen LogP contribution in [-0.4, -0.2) is 36.8 Å². The summed E-state index contributed by atoms with van der Waals surface area (Å²) in [5.74, 6) is -1.37. The topological polar surface area (TPSA) is 62.5 Å². The molecular formula is C13H14N2O3S2. The number of hydrogen-bond donors (Lipinski definition) is 1. The van der Waals surface area contributed by atoms with Crippen LogP contribution in [-0.2, 0) is 16.6 Å². The number of thioether (sulfide) groups is 1. The SMILES string of the molecule is CCC(C(=O)O)N1C(=O)C(=Cc2ccn(C)c2)SC1=S. The van der Waals surface area contributed by atoms with Crippen LogP contribution in [0.3, 0.4) is 0 Å². The highest BCUT2D eigenvalue weighted by Gasteiger charge is 2.39. The lowest BCUT2D eigenvalue weighted by atomic mass is 10.2. The molecule has 1 aliphatic rings. The molecule has 0 aliphatic carbocycles. The third kappa shape index (κ3) is 2.78. The number of carbonyl (C=O) groups is 2. The molecule has 2 rings (SSSR count). The minimum Gasteiger partial charge on any atom is -0.480 e.